The minimum absolute atomic E-state index is 0.0342. The number of carbonyl (C=O) groups excluding carboxylic acids is 1. The van der Waals surface area contributed by atoms with E-state index in [-0.39, 0.29) is 11.9 Å². The molecule has 5 heteroatoms. The van der Waals surface area contributed by atoms with Gasteiger partial charge in [-0.05, 0) is 42.2 Å². The zero-order valence-electron chi connectivity index (χ0n) is 16.6. The van der Waals surface area contributed by atoms with E-state index in [4.69, 9.17) is 4.74 Å². The summed E-state index contributed by atoms with van der Waals surface area (Å²) in [5.74, 6) is 0.824. The van der Waals surface area contributed by atoms with Gasteiger partial charge in [0.25, 0.3) is 0 Å². The fraction of sp³-hybridized carbons (Fsp3) is 0.250. The van der Waals surface area contributed by atoms with Gasteiger partial charge in [0, 0.05) is 31.4 Å². The van der Waals surface area contributed by atoms with Crippen molar-refractivity contribution < 1.29 is 9.53 Å². The lowest BCUT2D eigenvalue weighted by Crippen LogP contribution is -2.28. The number of carbonyl (C=O) groups is 1. The standard InChI is InChI=1S/C24H25N3O2/c1-26-17-21(16-25-26)23-11-6-14-27(23)24(28)13-12-19-9-5-10-22(15-19)29-18-20-7-3-2-4-8-20/h2-5,7-10,12-13,15-17,23H,6,11,14,18H2,1H3/b13-12+. The van der Waals surface area contributed by atoms with Crippen molar-refractivity contribution in [2.75, 3.05) is 6.54 Å². The van der Waals surface area contributed by atoms with Gasteiger partial charge in [0.1, 0.15) is 12.4 Å². The highest BCUT2D eigenvalue weighted by molar-refractivity contribution is 5.92. The second-order valence-electron chi connectivity index (χ2n) is 7.32. The van der Waals surface area contributed by atoms with E-state index >= 15 is 0 Å². The topological polar surface area (TPSA) is 47.4 Å². The maximum Gasteiger partial charge on any atom is 0.247 e. The predicted molar refractivity (Wildman–Crippen MR) is 113 cm³/mol. The first-order chi connectivity index (χ1) is 14.2. The molecular weight excluding hydrogens is 362 g/mol. The molecule has 1 aliphatic heterocycles. The van der Waals surface area contributed by atoms with Crippen LogP contribution in [0.25, 0.3) is 6.08 Å². The molecule has 1 unspecified atom stereocenters. The van der Waals surface area contributed by atoms with Gasteiger partial charge in [-0.15, -0.1) is 0 Å². The quantitative estimate of drug-likeness (QED) is 0.590. The molecule has 0 N–H and O–H groups in total. The Hall–Kier alpha value is -3.34. The van der Waals surface area contributed by atoms with Crippen LogP contribution >= 0.6 is 0 Å². The lowest BCUT2D eigenvalue weighted by molar-refractivity contribution is -0.126. The molecule has 0 saturated carbocycles. The average molecular weight is 387 g/mol. The van der Waals surface area contributed by atoms with Gasteiger partial charge in [-0.1, -0.05) is 42.5 Å². The van der Waals surface area contributed by atoms with Gasteiger partial charge in [0.2, 0.25) is 5.91 Å². The summed E-state index contributed by atoms with van der Waals surface area (Å²) in [6, 6.07) is 18.0. The Morgan fingerprint density at radius 3 is 2.86 bits per heavy atom. The van der Waals surface area contributed by atoms with Crippen molar-refractivity contribution in [2.45, 2.75) is 25.5 Å². The molecule has 5 nitrogen and oxygen atoms in total. The molecule has 1 fully saturated rings. The summed E-state index contributed by atoms with van der Waals surface area (Å²) >= 11 is 0. The first-order valence-electron chi connectivity index (χ1n) is 9.93. The Labute approximate surface area is 171 Å². The van der Waals surface area contributed by atoms with Crippen molar-refractivity contribution in [1.82, 2.24) is 14.7 Å². The van der Waals surface area contributed by atoms with Gasteiger partial charge in [0.05, 0.1) is 12.2 Å². The smallest absolute Gasteiger partial charge is 0.247 e. The normalized spacial score (nSPS) is 16.4. The van der Waals surface area contributed by atoms with Crippen molar-refractivity contribution >= 4 is 12.0 Å². The van der Waals surface area contributed by atoms with Crippen LogP contribution in [0, 0.1) is 0 Å². The highest BCUT2D eigenvalue weighted by atomic mass is 16.5. The summed E-state index contributed by atoms with van der Waals surface area (Å²) in [5.41, 5.74) is 3.17. The van der Waals surface area contributed by atoms with Crippen LogP contribution < -0.4 is 4.74 Å². The third-order valence-corrected chi connectivity index (χ3v) is 5.17. The summed E-state index contributed by atoms with van der Waals surface area (Å²) in [5, 5.41) is 4.24. The van der Waals surface area contributed by atoms with Crippen LogP contribution in [-0.4, -0.2) is 27.1 Å². The van der Waals surface area contributed by atoms with Crippen LogP contribution in [0.2, 0.25) is 0 Å². The van der Waals surface area contributed by atoms with E-state index in [0.29, 0.717) is 6.61 Å². The Morgan fingerprint density at radius 2 is 2.07 bits per heavy atom. The fourth-order valence-corrected chi connectivity index (χ4v) is 3.70. The van der Waals surface area contributed by atoms with E-state index < -0.39 is 0 Å². The first kappa shape index (κ1) is 19.0. The Bertz CT molecular complexity index is 994. The molecule has 1 atom stereocenters. The fourth-order valence-electron chi connectivity index (χ4n) is 3.70. The van der Waals surface area contributed by atoms with Crippen molar-refractivity contribution in [2.24, 2.45) is 7.05 Å². The summed E-state index contributed by atoms with van der Waals surface area (Å²) < 4.78 is 7.66. The summed E-state index contributed by atoms with van der Waals surface area (Å²) in [6.07, 6.45) is 9.36. The number of aryl methyl sites for hydroxylation is 1. The minimum atomic E-state index is 0.0342. The number of likely N-dealkylation sites (tertiary alicyclic amines) is 1. The number of ether oxygens (including phenoxy) is 1. The minimum Gasteiger partial charge on any atom is -0.489 e. The van der Waals surface area contributed by atoms with Gasteiger partial charge in [-0.25, -0.2) is 0 Å². The molecule has 1 saturated heterocycles. The maximum atomic E-state index is 12.8. The Kier molecular flexibility index (Phi) is 5.75. The molecule has 148 valence electrons. The van der Waals surface area contributed by atoms with Gasteiger partial charge < -0.3 is 9.64 Å². The van der Waals surface area contributed by atoms with E-state index in [1.807, 2.05) is 85.0 Å². The summed E-state index contributed by atoms with van der Waals surface area (Å²) in [4.78, 5) is 14.7. The van der Waals surface area contributed by atoms with Gasteiger partial charge >= 0.3 is 0 Å². The van der Waals surface area contributed by atoms with Gasteiger partial charge in [-0.3, -0.25) is 9.48 Å². The molecule has 0 bridgehead atoms. The number of nitrogens with zero attached hydrogens (tertiary/aromatic N) is 3. The van der Waals surface area contributed by atoms with E-state index in [1.54, 1.807) is 10.8 Å². The van der Waals surface area contributed by atoms with Gasteiger partial charge in [-0.2, -0.15) is 5.10 Å². The molecule has 3 aromatic rings. The molecule has 1 aromatic heterocycles. The molecule has 0 spiro atoms. The van der Waals surface area contributed by atoms with Crippen LogP contribution in [0.15, 0.2) is 73.1 Å². The van der Waals surface area contributed by atoms with Crippen LogP contribution in [0.4, 0.5) is 0 Å². The maximum absolute atomic E-state index is 12.8. The lowest BCUT2D eigenvalue weighted by atomic mass is 10.1. The molecule has 2 heterocycles. The first-order valence-corrected chi connectivity index (χ1v) is 9.93. The SMILES string of the molecule is Cn1cc(C2CCCN2C(=O)/C=C/c2cccc(OCc3ccccc3)c2)cn1. The second kappa shape index (κ2) is 8.78. The number of hydrogen-bond donors (Lipinski definition) is 0. The second-order valence-corrected chi connectivity index (χ2v) is 7.32. The van der Waals surface area contributed by atoms with Crippen molar-refractivity contribution in [3.63, 3.8) is 0 Å². The molecule has 2 aromatic carbocycles. The summed E-state index contributed by atoms with van der Waals surface area (Å²) in [7, 11) is 1.90. The lowest BCUT2D eigenvalue weighted by Gasteiger charge is -2.22. The number of benzene rings is 2. The van der Waals surface area contributed by atoms with Crippen LogP contribution in [0.1, 0.15) is 35.6 Å². The molecule has 0 aliphatic carbocycles. The monoisotopic (exact) mass is 387 g/mol. The zero-order valence-corrected chi connectivity index (χ0v) is 16.6. The van der Waals surface area contributed by atoms with Crippen LogP contribution in [-0.2, 0) is 18.4 Å². The van der Waals surface area contributed by atoms with E-state index in [1.165, 1.54) is 0 Å². The van der Waals surface area contributed by atoms with Crippen LogP contribution in [0.3, 0.4) is 0 Å². The number of aromatic nitrogens is 2. The Morgan fingerprint density at radius 1 is 1.21 bits per heavy atom. The third kappa shape index (κ3) is 4.74. The van der Waals surface area contributed by atoms with Gasteiger partial charge in [0.15, 0.2) is 0 Å². The zero-order chi connectivity index (χ0) is 20.1. The molecule has 29 heavy (non-hydrogen) atoms. The van der Waals surface area contributed by atoms with Crippen LogP contribution in [0.5, 0.6) is 5.75 Å². The molecular formula is C24H25N3O2. The molecule has 4 rings (SSSR count). The Balaban J connectivity index is 1.40. The largest absolute Gasteiger partial charge is 0.489 e. The molecule has 1 amide bonds. The van der Waals surface area contributed by atoms with E-state index in [0.717, 1.165) is 41.8 Å². The molecule has 0 radical (unpaired) electrons. The predicted octanol–water partition coefficient (Wildman–Crippen LogP) is 4.38. The van der Waals surface area contributed by atoms with Crippen molar-refractivity contribution in [1.29, 1.82) is 0 Å². The summed E-state index contributed by atoms with van der Waals surface area (Å²) in [6.45, 7) is 1.30. The molecule has 1 aliphatic rings. The highest BCUT2D eigenvalue weighted by Gasteiger charge is 2.29. The number of hydrogen-bond acceptors (Lipinski definition) is 3. The average Bonchev–Trinajstić information content (AvgIpc) is 3.40. The number of rotatable bonds is 6. The van der Waals surface area contributed by atoms with Crippen molar-refractivity contribution in [3.05, 3.63) is 89.8 Å². The number of amides is 1. The van der Waals surface area contributed by atoms with E-state index in [9.17, 15) is 4.79 Å². The van der Waals surface area contributed by atoms with E-state index in [2.05, 4.69) is 5.10 Å². The highest BCUT2D eigenvalue weighted by Crippen LogP contribution is 2.31. The van der Waals surface area contributed by atoms with Crippen molar-refractivity contribution in [3.8, 4) is 5.75 Å². The third-order valence-electron chi connectivity index (χ3n) is 5.17.